The fraction of sp³-hybridized carbons (Fsp3) is 0.524. The lowest BCUT2D eigenvalue weighted by molar-refractivity contribution is -0.137. The number of aliphatic hydroxyl groups is 1. The number of halogens is 3. The van der Waals surface area contributed by atoms with Gasteiger partial charge in [0.1, 0.15) is 10.7 Å². The number of rotatable bonds is 7. The Morgan fingerprint density at radius 3 is 2.94 bits per heavy atom. The number of methoxy groups -OCH3 is 1. The Labute approximate surface area is 187 Å². The van der Waals surface area contributed by atoms with Crippen molar-refractivity contribution in [1.29, 1.82) is 0 Å². The number of aromatic nitrogens is 2. The molecule has 7 nitrogen and oxygen atoms in total. The van der Waals surface area contributed by atoms with Crippen LogP contribution < -0.4 is 15.9 Å². The maximum atomic E-state index is 13.4. The normalized spacial score (nSPS) is 19.1. The van der Waals surface area contributed by atoms with Crippen LogP contribution in [0.3, 0.4) is 0 Å². The van der Waals surface area contributed by atoms with Gasteiger partial charge in [0.25, 0.3) is 0 Å². The molecule has 2 N–H and O–H groups in total. The van der Waals surface area contributed by atoms with E-state index in [4.69, 9.17) is 4.74 Å². The summed E-state index contributed by atoms with van der Waals surface area (Å²) in [5, 5.41) is 13.2. The molecule has 0 radical (unpaired) electrons. The molecule has 1 atom stereocenters. The van der Waals surface area contributed by atoms with Crippen LogP contribution in [0.4, 0.5) is 18.2 Å². The van der Waals surface area contributed by atoms with E-state index in [-0.39, 0.29) is 18.3 Å². The Balaban J connectivity index is 1.76. The first-order valence-electron chi connectivity index (χ1n) is 10.5. The molecule has 4 rings (SSSR count). The van der Waals surface area contributed by atoms with Gasteiger partial charge >= 0.3 is 6.18 Å². The second kappa shape index (κ2) is 9.74. The van der Waals surface area contributed by atoms with Crippen LogP contribution in [0, 0.1) is 0 Å². The molecule has 4 heterocycles. The Hall–Kier alpha value is -2.21. The van der Waals surface area contributed by atoms with Crippen molar-refractivity contribution in [1.82, 2.24) is 19.8 Å². The maximum Gasteiger partial charge on any atom is 0.443 e. The van der Waals surface area contributed by atoms with E-state index in [2.05, 4.69) is 25.1 Å². The number of nitrogens with zero attached hydrogens (tertiary/aromatic N) is 4. The number of aliphatic hydroxyl groups excluding tert-OH is 1. The van der Waals surface area contributed by atoms with E-state index < -0.39 is 11.2 Å². The van der Waals surface area contributed by atoms with Crippen molar-refractivity contribution in [3.05, 3.63) is 39.6 Å². The first kappa shape index (κ1) is 23.0. The summed E-state index contributed by atoms with van der Waals surface area (Å²) in [6.07, 6.45) is 0.277. The average Bonchev–Trinajstić information content (AvgIpc) is 3.14. The van der Waals surface area contributed by atoms with Crippen LogP contribution in [0.1, 0.15) is 23.5 Å². The second-order valence-corrected chi connectivity index (χ2v) is 8.77. The van der Waals surface area contributed by atoms with Crippen LogP contribution in [0.15, 0.2) is 18.3 Å². The Kier molecular flexibility index (Phi) is 6.99. The molecule has 174 valence electrons. The average molecular weight is 470 g/mol. The van der Waals surface area contributed by atoms with Crippen LogP contribution in [0.5, 0.6) is 0 Å². The van der Waals surface area contributed by atoms with Crippen LogP contribution in [0.2, 0.25) is 0 Å². The van der Waals surface area contributed by atoms with Crippen molar-refractivity contribution in [2.24, 2.45) is 0 Å². The number of hydrogen-bond donors (Lipinski definition) is 2. The summed E-state index contributed by atoms with van der Waals surface area (Å²) < 4.78 is 45.6. The van der Waals surface area contributed by atoms with Gasteiger partial charge in [-0.2, -0.15) is 13.2 Å². The first-order valence-corrected chi connectivity index (χ1v) is 11.3. The lowest BCUT2D eigenvalue weighted by atomic mass is 10.1. The third kappa shape index (κ3) is 4.75. The molecule has 2 aromatic heterocycles. The zero-order valence-electron chi connectivity index (χ0n) is 17.7. The highest BCUT2D eigenvalue weighted by atomic mass is 32.1. The molecule has 2 aliphatic rings. The van der Waals surface area contributed by atoms with Crippen molar-refractivity contribution in [3.63, 3.8) is 0 Å². The minimum absolute atomic E-state index is 0.121. The van der Waals surface area contributed by atoms with Gasteiger partial charge < -0.3 is 20.1 Å². The Bertz CT molecular complexity index is 1060. The molecule has 0 saturated carbocycles. The number of thiazole rings is 1. The van der Waals surface area contributed by atoms with Crippen molar-refractivity contribution < 1.29 is 23.0 Å². The van der Waals surface area contributed by atoms with Gasteiger partial charge in [-0.1, -0.05) is 11.3 Å². The zero-order valence-corrected chi connectivity index (χ0v) is 18.5. The number of alkyl halides is 3. The zero-order chi connectivity index (χ0) is 22.7. The van der Waals surface area contributed by atoms with Gasteiger partial charge in [0.05, 0.1) is 11.0 Å². The van der Waals surface area contributed by atoms with E-state index in [1.165, 1.54) is 0 Å². The largest absolute Gasteiger partial charge is 0.443 e. The molecular weight excluding hydrogens is 443 g/mol. The lowest BCUT2D eigenvalue weighted by Crippen LogP contribution is -2.54. The number of nitrogens with one attached hydrogen (secondary N) is 1. The number of piperazine rings is 1. The van der Waals surface area contributed by atoms with E-state index in [0.717, 1.165) is 24.7 Å². The first-order chi connectivity index (χ1) is 15.4. The highest BCUT2D eigenvalue weighted by Gasteiger charge is 2.38. The van der Waals surface area contributed by atoms with Crippen molar-refractivity contribution >= 4 is 28.2 Å². The van der Waals surface area contributed by atoms with E-state index in [1.807, 2.05) is 6.07 Å². The molecule has 1 saturated heterocycles. The highest BCUT2D eigenvalue weighted by molar-refractivity contribution is 7.16. The molecule has 1 unspecified atom stereocenters. The van der Waals surface area contributed by atoms with Gasteiger partial charge in [0.2, 0.25) is 5.01 Å². The Morgan fingerprint density at radius 2 is 2.19 bits per heavy atom. The SMILES string of the molecule is COCCC1CN(C2=c3ncccc3=CNc3sc(C(F)(F)F)nc32)CCN1CCCO. The van der Waals surface area contributed by atoms with Gasteiger partial charge in [-0.25, -0.2) is 4.98 Å². The van der Waals surface area contributed by atoms with Gasteiger partial charge in [-0.15, -0.1) is 0 Å². The third-order valence-corrected chi connectivity index (χ3v) is 6.73. The fourth-order valence-corrected chi connectivity index (χ4v) is 4.98. The number of hydrogen-bond acceptors (Lipinski definition) is 8. The summed E-state index contributed by atoms with van der Waals surface area (Å²) in [5.41, 5.74) is 0.901. The van der Waals surface area contributed by atoms with E-state index in [0.29, 0.717) is 53.5 Å². The molecule has 11 heteroatoms. The molecule has 0 spiro atoms. The van der Waals surface area contributed by atoms with Crippen LogP contribution >= 0.6 is 11.3 Å². The van der Waals surface area contributed by atoms with E-state index in [1.54, 1.807) is 25.6 Å². The molecule has 1 fully saturated rings. The molecule has 2 aliphatic heterocycles. The van der Waals surface area contributed by atoms with Crippen molar-refractivity contribution in [3.8, 4) is 0 Å². The predicted molar refractivity (Wildman–Crippen MR) is 116 cm³/mol. The lowest BCUT2D eigenvalue weighted by Gasteiger charge is -2.43. The number of fused-ring (bicyclic) bond motifs is 2. The second-order valence-electron chi connectivity index (χ2n) is 7.77. The van der Waals surface area contributed by atoms with E-state index in [9.17, 15) is 18.3 Å². The van der Waals surface area contributed by atoms with Gasteiger partial charge in [-0.05, 0) is 25.0 Å². The smallest absolute Gasteiger partial charge is 0.396 e. The molecule has 0 aliphatic carbocycles. The minimum Gasteiger partial charge on any atom is -0.396 e. The fourth-order valence-electron chi connectivity index (χ4n) is 4.18. The molecule has 32 heavy (non-hydrogen) atoms. The molecule has 0 bridgehead atoms. The summed E-state index contributed by atoms with van der Waals surface area (Å²) in [5.74, 6) is 0. The van der Waals surface area contributed by atoms with Crippen LogP contribution in [-0.4, -0.2) is 77.4 Å². The quantitative estimate of drug-likeness (QED) is 0.633. The van der Waals surface area contributed by atoms with E-state index >= 15 is 0 Å². The summed E-state index contributed by atoms with van der Waals surface area (Å²) in [7, 11) is 1.65. The predicted octanol–water partition coefficient (Wildman–Crippen LogP) is 1.28. The molecule has 0 amide bonds. The molecule has 2 aromatic rings. The Morgan fingerprint density at radius 1 is 1.34 bits per heavy atom. The summed E-state index contributed by atoms with van der Waals surface area (Å²) in [4.78, 5) is 13.0. The third-order valence-electron chi connectivity index (χ3n) is 5.70. The minimum atomic E-state index is -4.51. The number of ether oxygens (including phenoxy) is 1. The summed E-state index contributed by atoms with van der Waals surface area (Å²) in [6, 6.07) is 3.83. The topological polar surface area (TPSA) is 73.8 Å². The molecule has 0 aromatic carbocycles. The standard InChI is InChI=1S/C21H26F3N5O2S/c1-31-11-5-15-13-29(9-8-28(15)7-3-10-30)18-16-14(4-2-6-25-16)12-26-19-17(18)27-20(32-19)21(22,23)24/h2,4,6,12,15,26,30H,3,5,7-11,13H2,1H3. The van der Waals surface area contributed by atoms with Crippen molar-refractivity contribution in [2.45, 2.75) is 25.1 Å². The summed E-state index contributed by atoms with van der Waals surface area (Å²) in [6.45, 7) is 3.42. The van der Waals surface area contributed by atoms with Gasteiger partial charge in [0.15, 0.2) is 0 Å². The van der Waals surface area contributed by atoms with Crippen LogP contribution in [-0.2, 0) is 10.9 Å². The number of pyridine rings is 1. The number of anilines is 1. The van der Waals surface area contributed by atoms with Gasteiger partial charge in [-0.3, -0.25) is 9.88 Å². The van der Waals surface area contributed by atoms with Crippen molar-refractivity contribution in [2.75, 3.05) is 51.8 Å². The monoisotopic (exact) mass is 469 g/mol. The summed E-state index contributed by atoms with van der Waals surface area (Å²) >= 11 is 0.608. The van der Waals surface area contributed by atoms with Gasteiger partial charge in [0, 0.05) is 70.2 Å². The molecular formula is C21H26F3N5O2S. The van der Waals surface area contributed by atoms with Crippen LogP contribution in [0.25, 0.3) is 11.9 Å². The highest BCUT2D eigenvalue weighted by Crippen LogP contribution is 2.39. The maximum absolute atomic E-state index is 13.4.